The summed E-state index contributed by atoms with van der Waals surface area (Å²) in [6, 6.07) is 98.2. The molecule has 0 aliphatic heterocycles. The predicted octanol–water partition coefficient (Wildman–Crippen LogP) is 28.6. The van der Waals surface area contributed by atoms with Gasteiger partial charge in [0.05, 0.1) is 47.1 Å². The molecule has 14 rings (SSSR count). The number of carbonyl (C=O) groups is 2. The van der Waals surface area contributed by atoms with Gasteiger partial charge in [-0.1, -0.05) is 227 Å². The van der Waals surface area contributed by atoms with Gasteiger partial charge in [0, 0.05) is 77.8 Å². The third-order valence-electron chi connectivity index (χ3n) is 21.5. The summed E-state index contributed by atoms with van der Waals surface area (Å²) >= 11 is 0. The van der Waals surface area contributed by atoms with E-state index in [9.17, 15) is 9.59 Å². The first-order valence-electron chi connectivity index (χ1n) is 38.8. The Morgan fingerprint density at radius 2 is 0.473 bits per heavy atom. The van der Waals surface area contributed by atoms with Gasteiger partial charge in [0.15, 0.2) is 0 Å². The van der Waals surface area contributed by atoms with Gasteiger partial charge in [-0.3, -0.25) is 0 Å². The minimum Gasteiger partial charge on any atom is -0.462 e. The molecule has 0 spiro atoms. The zero-order chi connectivity index (χ0) is 77.9. The fraction of sp³-hybridized carbons (Fsp3) is 0.235. The van der Waals surface area contributed by atoms with Gasteiger partial charge in [0.2, 0.25) is 0 Å². The number of anilines is 12. The van der Waals surface area contributed by atoms with Crippen molar-refractivity contribution in [3.8, 4) is 22.3 Å². The lowest BCUT2D eigenvalue weighted by molar-refractivity contribution is 0.0517. The fourth-order valence-electron chi connectivity index (χ4n) is 15.2. The van der Waals surface area contributed by atoms with Gasteiger partial charge in [-0.25, -0.2) is 9.59 Å². The van der Waals surface area contributed by atoms with Gasteiger partial charge >= 0.3 is 11.9 Å². The third kappa shape index (κ3) is 14.9. The van der Waals surface area contributed by atoms with Crippen LogP contribution in [0.5, 0.6) is 0 Å². The summed E-state index contributed by atoms with van der Waals surface area (Å²) in [7, 11) is 0. The minimum absolute atomic E-state index is 0.134. The van der Waals surface area contributed by atoms with Gasteiger partial charge < -0.3 is 29.1 Å². The van der Waals surface area contributed by atoms with Crippen LogP contribution < -0.4 is 19.6 Å². The van der Waals surface area contributed by atoms with Gasteiger partial charge in [0.1, 0.15) is 0 Å². The highest BCUT2D eigenvalue weighted by Gasteiger charge is 2.34. The van der Waals surface area contributed by atoms with Crippen LogP contribution in [0.2, 0.25) is 0 Å². The summed E-state index contributed by atoms with van der Waals surface area (Å²) in [5.41, 5.74) is 25.0. The normalized spacial score (nSPS) is 12.1. The molecule has 8 nitrogen and oxygen atoms in total. The highest BCUT2D eigenvalue weighted by molar-refractivity contribution is 6.38. The van der Waals surface area contributed by atoms with Crippen molar-refractivity contribution in [3.63, 3.8) is 0 Å². The van der Waals surface area contributed by atoms with E-state index >= 15 is 0 Å². The van der Waals surface area contributed by atoms with E-state index < -0.39 is 0 Å². The van der Waals surface area contributed by atoms with Crippen molar-refractivity contribution in [2.24, 2.45) is 0 Å². The molecule has 0 radical (unpaired) electrons. The molecular formula is C102H102N4O4. The molecule has 0 aliphatic rings. The van der Waals surface area contributed by atoms with E-state index in [-0.39, 0.29) is 46.8 Å². The van der Waals surface area contributed by atoms with E-state index in [1.807, 2.05) is 38.1 Å². The second-order valence-corrected chi connectivity index (χ2v) is 33.7. The van der Waals surface area contributed by atoms with Crippen molar-refractivity contribution >= 4 is 113 Å². The van der Waals surface area contributed by atoms with Crippen LogP contribution in [0.15, 0.2) is 267 Å². The Morgan fingerprint density at radius 3 is 0.682 bits per heavy atom. The lowest BCUT2D eigenvalue weighted by Crippen LogP contribution is -2.17. The molecule has 14 aromatic carbocycles. The van der Waals surface area contributed by atoms with Crippen LogP contribution in [0.3, 0.4) is 0 Å². The molecule has 8 heteroatoms. The Kier molecular flexibility index (Phi) is 20.3. The van der Waals surface area contributed by atoms with Gasteiger partial charge in [-0.2, -0.15) is 0 Å². The van der Waals surface area contributed by atoms with Crippen LogP contribution in [0.25, 0.3) is 54.6 Å². The van der Waals surface area contributed by atoms with Crippen molar-refractivity contribution in [2.75, 3.05) is 32.8 Å². The van der Waals surface area contributed by atoms with E-state index in [2.05, 4.69) is 373 Å². The summed E-state index contributed by atoms with van der Waals surface area (Å²) in [5, 5.41) is 5.93. The lowest BCUT2D eigenvalue weighted by Gasteiger charge is -2.36. The van der Waals surface area contributed by atoms with Crippen molar-refractivity contribution in [3.05, 3.63) is 323 Å². The third-order valence-corrected chi connectivity index (χ3v) is 21.5. The van der Waals surface area contributed by atoms with Crippen LogP contribution in [0.4, 0.5) is 68.2 Å². The molecule has 554 valence electrons. The molecular weight excluding hydrogens is 1350 g/mol. The Morgan fingerprint density at radius 1 is 0.264 bits per heavy atom. The number of rotatable bonds is 18. The first-order valence-corrected chi connectivity index (χ1v) is 38.8. The molecule has 0 heterocycles. The Labute approximate surface area is 651 Å². The number of aryl methyl sites for hydroxylation is 4. The number of hydrogen-bond acceptors (Lipinski definition) is 8. The van der Waals surface area contributed by atoms with Crippen molar-refractivity contribution in [1.82, 2.24) is 0 Å². The highest BCUT2D eigenvalue weighted by Crippen LogP contribution is 2.60. The number of benzene rings is 14. The van der Waals surface area contributed by atoms with Crippen LogP contribution in [-0.4, -0.2) is 25.2 Å². The van der Waals surface area contributed by atoms with Crippen LogP contribution >= 0.6 is 0 Å². The number of carbonyl (C=O) groups excluding carboxylic acids is 2. The van der Waals surface area contributed by atoms with Crippen molar-refractivity contribution in [1.29, 1.82) is 0 Å². The molecule has 0 unspecified atom stereocenters. The van der Waals surface area contributed by atoms with Gasteiger partial charge in [0.25, 0.3) is 0 Å². The maximum absolute atomic E-state index is 14.0. The highest BCUT2D eigenvalue weighted by atomic mass is 16.5. The molecule has 0 N–H and O–H groups in total. The number of hydrogen-bond donors (Lipinski definition) is 0. The second kappa shape index (κ2) is 29.7. The Bertz CT molecular complexity index is 5310. The first-order chi connectivity index (χ1) is 52.4. The summed E-state index contributed by atoms with van der Waals surface area (Å²) < 4.78 is 11.5. The number of ether oxygens (including phenoxy) is 2. The first kappa shape index (κ1) is 75.1. The maximum atomic E-state index is 14.0. The monoisotopic (exact) mass is 1450 g/mol. The van der Waals surface area contributed by atoms with Crippen molar-refractivity contribution < 1.29 is 19.1 Å². The van der Waals surface area contributed by atoms with Crippen LogP contribution in [-0.2, 0) is 31.1 Å². The molecule has 0 aliphatic carbocycles. The SMILES string of the molecule is CCOC(=O)c1ccc(-c2cc3c(N(c4ccc(C)cc4)c4ccc(C(C)(C)C)cc4)cc(N(c4ccc(C)cc4)c4ccc(C(C)(C)C)cc4)c4c(-c5ccc(C(=O)OCC)cc5)cc5c(N(c6ccc(C)cc6)c6ccc(C(C)(C)C)cc6)cc(N(c6ccc(C)cc6)c6ccc(C(C)(C)C)cc6)c2c5c34)cc1. The van der Waals surface area contributed by atoms with Gasteiger partial charge in [-0.05, 0) is 253 Å². The summed E-state index contributed by atoms with van der Waals surface area (Å²) in [4.78, 5) is 37.8. The summed E-state index contributed by atoms with van der Waals surface area (Å²) in [5.74, 6) is -0.768. The second-order valence-electron chi connectivity index (χ2n) is 33.7. The number of nitrogens with zero attached hydrogens (tertiary/aromatic N) is 4. The van der Waals surface area contributed by atoms with Crippen LogP contribution in [0.1, 0.15) is 162 Å². The summed E-state index contributed by atoms with van der Waals surface area (Å²) in [6.07, 6.45) is 0. The average Bonchev–Trinajstić information content (AvgIpc) is 0.684. The van der Waals surface area contributed by atoms with E-state index in [0.29, 0.717) is 11.1 Å². The van der Waals surface area contributed by atoms with E-state index in [0.717, 1.165) is 145 Å². The Balaban J connectivity index is 1.30. The lowest BCUT2D eigenvalue weighted by atomic mass is 9.82. The minimum atomic E-state index is -0.384. The van der Waals surface area contributed by atoms with E-state index in [1.165, 1.54) is 22.3 Å². The topological polar surface area (TPSA) is 65.6 Å². The predicted molar refractivity (Wildman–Crippen MR) is 465 cm³/mol. The summed E-state index contributed by atoms with van der Waals surface area (Å²) in [6.45, 7) is 40.0. The average molecular weight is 1450 g/mol. The zero-order valence-corrected chi connectivity index (χ0v) is 67.2. The molecule has 0 fully saturated rings. The molecule has 0 bridgehead atoms. The fourth-order valence-corrected chi connectivity index (χ4v) is 15.2. The van der Waals surface area contributed by atoms with E-state index in [4.69, 9.17) is 9.47 Å². The molecule has 0 atom stereocenters. The van der Waals surface area contributed by atoms with Crippen LogP contribution in [0, 0.1) is 27.7 Å². The quantitative estimate of drug-likeness (QED) is 0.0622. The standard InChI is InChI=1S/C102H102N4O4/c1-19-109-97(107)71-33-29-69(30-34-71)85-61-87-89(103(77-45-21-65(3)22-46-77)81-53-37-73(38-54-81)99(7,8)9)64-92(106(80-51-27-68(6)28-52-80)84-59-43-76(44-60-84)102(16,17)18)94-86(70-31-35-72(36-32-70)98(108)110-20-2)62-88-90(104(78-47-23-66(4)24-48-78)82-55-39-74(40-56-82)100(10,11)12)63-91(93(85)95(88)96(87)94)105(79-49-25-67(5)26-50-79)83-57-41-75(42-58-83)101(13,14)15/h21-64H,19-20H2,1-18H3. The molecule has 0 aromatic heterocycles. The Hall–Kier alpha value is -11.7. The van der Waals surface area contributed by atoms with E-state index in [1.54, 1.807) is 0 Å². The number of esters is 2. The molecule has 14 aromatic rings. The molecule has 0 saturated heterocycles. The zero-order valence-electron chi connectivity index (χ0n) is 67.2. The molecule has 110 heavy (non-hydrogen) atoms. The maximum Gasteiger partial charge on any atom is 0.338 e. The van der Waals surface area contributed by atoms with Gasteiger partial charge in [-0.15, -0.1) is 0 Å². The molecule has 0 saturated carbocycles. The smallest absolute Gasteiger partial charge is 0.338 e. The molecule has 0 amide bonds. The van der Waals surface area contributed by atoms with Crippen molar-refractivity contribution in [2.45, 2.75) is 146 Å². The largest absolute Gasteiger partial charge is 0.462 e.